The minimum absolute atomic E-state index is 0.000125. The van der Waals surface area contributed by atoms with E-state index in [4.69, 9.17) is 0 Å². The van der Waals surface area contributed by atoms with Gasteiger partial charge in [-0.3, -0.25) is 4.72 Å². The first-order valence-electron chi connectivity index (χ1n) is 10.2. The normalized spacial score (nSPS) is 14.2. The summed E-state index contributed by atoms with van der Waals surface area (Å²) in [5.41, 5.74) is 1.15. The lowest BCUT2D eigenvalue weighted by molar-refractivity contribution is 0.0697. The van der Waals surface area contributed by atoms with E-state index in [0.29, 0.717) is 44.0 Å². The van der Waals surface area contributed by atoms with Crippen LogP contribution in [0.5, 0.6) is 0 Å². The van der Waals surface area contributed by atoms with Crippen LogP contribution in [-0.4, -0.2) is 45.7 Å². The zero-order chi connectivity index (χ0) is 24.5. The lowest BCUT2D eigenvalue weighted by atomic mass is 10.1. The quantitative estimate of drug-likeness (QED) is 0.543. The Labute approximate surface area is 194 Å². The number of hydrogen-bond donors (Lipinski definition) is 2. The van der Waals surface area contributed by atoms with Gasteiger partial charge < -0.3 is 14.9 Å². The first kappa shape index (κ1) is 23.4. The van der Waals surface area contributed by atoms with Crippen molar-refractivity contribution in [2.24, 2.45) is 0 Å². The van der Waals surface area contributed by atoms with Gasteiger partial charge in [-0.25, -0.2) is 26.4 Å². The van der Waals surface area contributed by atoms with Gasteiger partial charge in [-0.15, -0.1) is 0 Å². The lowest BCUT2D eigenvalue weighted by Crippen LogP contribution is -2.46. The van der Waals surface area contributed by atoms with Crippen LogP contribution in [-0.2, 0) is 10.0 Å². The molecule has 1 aliphatic rings. The van der Waals surface area contributed by atoms with Crippen molar-refractivity contribution >= 4 is 33.1 Å². The zero-order valence-corrected chi connectivity index (χ0v) is 18.5. The molecule has 0 aromatic heterocycles. The fourth-order valence-corrected chi connectivity index (χ4v) is 4.81. The SMILES string of the molecule is O=C(O)c1ccc(N2CCN(c3ccc(F)cc3)CC2)c(NS(=O)(=O)c2ccc(F)c(F)c2)c1. The van der Waals surface area contributed by atoms with Crippen molar-refractivity contribution in [3.63, 3.8) is 0 Å². The van der Waals surface area contributed by atoms with Gasteiger partial charge in [0.15, 0.2) is 11.6 Å². The number of aromatic carboxylic acids is 1. The Bertz CT molecular complexity index is 1330. The molecule has 2 N–H and O–H groups in total. The number of piperazine rings is 1. The van der Waals surface area contributed by atoms with Crippen molar-refractivity contribution in [2.75, 3.05) is 40.7 Å². The first-order chi connectivity index (χ1) is 16.1. The Morgan fingerprint density at radius 2 is 1.47 bits per heavy atom. The number of nitrogens with zero attached hydrogens (tertiary/aromatic N) is 2. The largest absolute Gasteiger partial charge is 0.478 e. The Hall–Kier alpha value is -3.73. The highest BCUT2D eigenvalue weighted by Crippen LogP contribution is 2.31. The van der Waals surface area contributed by atoms with Gasteiger partial charge in [0.1, 0.15) is 5.82 Å². The summed E-state index contributed by atoms with van der Waals surface area (Å²) in [6.07, 6.45) is 0. The Morgan fingerprint density at radius 1 is 0.824 bits per heavy atom. The fourth-order valence-electron chi connectivity index (χ4n) is 3.73. The maximum atomic E-state index is 13.6. The van der Waals surface area contributed by atoms with Crippen LogP contribution in [0.3, 0.4) is 0 Å². The summed E-state index contributed by atoms with van der Waals surface area (Å²) in [5, 5.41) is 9.36. The van der Waals surface area contributed by atoms with Gasteiger partial charge in [0.25, 0.3) is 10.0 Å². The molecule has 0 radical (unpaired) electrons. The van der Waals surface area contributed by atoms with Crippen molar-refractivity contribution in [3.05, 3.63) is 83.7 Å². The zero-order valence-electron chi connectivity index (χ0n) is 17.7. The Balaban J connectivity index is 1.60. The van der Waals surface area contributed by atoms with E-state index in [2.05, 4.69) is 4.72 Å². The molecule has 1 saturated heterocycles. The molecule has 178 valence electrons. The number of nitrogens with one attached hydrogen (secondary N) is 1. The molecule has 0 unspecified atom stereocenters. The van der Waals surface area contributed by atoms with E-state index in [-0.39, 0.29) is 17.1 Å². The van der Waals surface area contributed by atoms with Crippen molar-refractivity contribution in [2.45, 2.75) is 4.90 Å². The summed E-state index contributed by atoms with van der Waals surface area (Å²) < 4.78 is 68.1. The number of hydrogen-bond acceptors (Lipinski definition) is 5. The number of carboxylic acids is 1. The number of benzene rings is 3. The van der Waals surface area contributed by atoms with E-state index in [1.54, 1.807) is 12.1 Å². The fraction of sp³-hybridized carbons (Fsp3) is 0.174. The number of rotatable bonds is 6. The number of sulfonamides is 1. The predicted molar refractivity (Wildman–Crippen MR) is 121 cm³/mol. The molecule has 7 nitrogen and oxygen atoms in total. The van der Waals surface area contributed by atoms with Gasteiger partial charge in [-0.05, 0) is 60.7 Å². The molecule has 34 heavy (non-hydrogen) atoms. The minimum atomic E-state index is -4.34. The van der Waals surface area contributed by atoms with E-state index >= 15 is 0 Å². The average molecular weight is 491 g/mol. The van der Waals surface area contributed by atoms with Crippen LogP contribution in [0, 0.1) is 17.5 Å². The van der Waals surface area contributed by atoms with Gasteiger partial charge >= 0.3 is 5.97 Å². The van der Waals surface area contributed by atoms with Crippen LogP contribution in [0.15, 0.2) is 65.6 Å². The summed E-state index contributed by atoms with van der Waals surface area (Å²) >= 11 is 0. The van der Waals surface area contributed by atoms with Gasteiger partial charge in [0, 0.05) is 31.9 Å². The molecule has 1 fully saturated rings. The molecule has 0 spiro atoms. The standard InChI is InChI=1S/C23H20F3N3O4S/c24-16-2-4-17(5-3-16)28-9-11-29(12-10-28)22-8-1-15(23(30)31)13-21(22)27-34(32,33)18-6-7-19(25)20(26)14-18/h1-8,13-14,27H,9-12H2,(H,30,31). The number of carbonyl (C=O) groups is 1. The first-order valence-corrected chi connectivity index (χ1v) is 11.7. The monoisotopic (exact) mass is 491 g/mol. The third-order valence-electron chi connectivity index (χ3n) is 5.50. The van der Waals surface area contributed by atoms with Gasteiger partial charge in [-0.2, -0.15) is 0 Å². The van der Waals surface area contributed by atoms with Gasteiger partial charge in [0.2, 0.25) is 0 Å². The van der Waals surface area contributed by atoms with E-state index in [1.807, 2.05) is 9.80 Å². The Kier molecular flexibility index (Phi) is 6.38. The topological polar surface area (TPSA) is 89.9 Å². The maximum absolute atomic E-state index is 13.6. The van der Waals surface area contributed by atoms with Crippen molar-refractivity contribution in [1.82, 2.24) is 0 Å². The summed E-state index contributed by atoms with van der Waals surface area (Å²) in [6.45, 7) is 2.07. The third kappa shape index (κ3) is 4.93. The molecule has 3 aromatic rings. The second-order valence-corrected chi connectivity index (χ2v) is 9.35. The summed E-state index contributed by atoms with van der Waals surface area (Å²) in [7, 11) is -4.34. The second-order valence-electron chi connectivity index (χ2n) is 7.67. The molecule has 1 aliphatic heterocycles. The molecule has 3 aromatic carbocycles. The molecule has 4 rings (SSSR count). The van der Waals surface area contributed by atoms with Gasteiger partial charge in [-0.1, -0.05) is 0 Å². The summed E-state index contributed by atoms with van der Waals surface area (Å²) in [5.74, 6) is -4.09. The van der Waals surface area contributed by atoms with E-state index in [1.165, 1.54) is 30.3 Å². The van der Waals surface area contributed by atoms with Crippen LogP contribution < -0.4 is 14.5 Å². The highest BCUT2D eigenvalue weighted by atomic mass is 32.2. The molecule has 0 amide bonds. The molecule has 0 atom stereocenters. The molecule has 11 heteroatoms. The second kappa shape index (κ2) is 9.26. The van der Waals surface area contributed by atoms with Crippen LogP contribution in [0.2, 0.25) is 0 Å². The van der Waals surface area contributed by atoms with Crippen molar-refractivity contribution in [3.8, 4) is 0 Å². The maximum Gasteiger partial charge on any atom is 0.335 e. The van der Waals surface area contributed by atoms with Crippen molar-refractivity contribution < 1.29 is 31.5 Å². The lowest BCUT2D eigenvalue weighted by Gasteiger charge is -2.38. The highest BCUT2D eigenvalue weighted by molar-refractivity contribution is 7.92. The minimum Gasteiger partial charge on any atom is -0.478 e. The molecule has 1 heterocycles. The smallest absolute Gasteiger partial charge is 0.335 e. The highest BCUT2D eigenvalue weighted by Gasteiger charge is 2.24. The summed E-state index contributed by atoms with van der Waals surface area (Å²) in [6, 6.07) is 12.3. The number of carboxylic acid groups (broad SMARTS) is 1. The van der Waals surface area contributed by atoms with E-state index in [0.717, 1.165) is 11.8 Å². The van der Waals surface area contributed by atoms with Gasteiger partial charge in [0.05, 0.1) is 21.8 Å². The third-order valence-corrected chi connectivity index (χ3v) is 6.86. The van der Waals surface area contributed by atoms with Crippen LogP contribution in [0.1, 0.15) is 10.4 Å². The molecule has 0 bridgehead atoms. The number of halogens is 3. The molecular formula is C23H20F3N3O4S. The predicted octanol–water partition coefficient (Wildman–Crippen LogP) is 3.93. The number of anilines is 3. The van der Waals surface area contributed by atoms with Crippen LogP contribution >= 0.6 is 0 Å². The summed E-state index contributed by atoms with van der Waals surface area (Å²) in [4.78, 5) is 14.9. The molecule has 0 saturated carbocycles. The van der Waals surface area contributed by atoms with Crippen molar-refractivity contribution in [1.29, 1.82) is 0 Å². The average Bonchev–Trinajstić information content (AvgIpc) is 2.81. The van der Waals surface area contributed by atoms with E-state index in [9.17, 15) is 31.5 Å². The molecular weight excluding hydrogens is 471 g/mol. The Morgan fingerprint density at radius 3 is 2.09 bits per heavy atom. The van der Waals surface area contributed by atoms with E-state index < -0.39 is 32.5 Å². The molecule has 0 aliphatic carbocycles. The van der Waals surface area contributed by atoms with Crippen LogP contribution in [0.25, 0.3) is 0 Å². The van der Waals surface area contributed by atoms with Crippen LogP contribution in [0.4, 0.5) is 30.2 Å².